The standard InChI is InChI=1S/C16H14O3S/c17-20(18,19)10-4-7-12-6-3-9-15-14-8-2-1-5-13(14)11-16(12)15/h1-6,8-10H,7,11H2,(H,17,18,19). The van der Waals surface area contributed by atoms with E-state index in [1.54, 1.807) is 0 Å². The van der Waals surface area contributed by atoms with Crippen molar-refractivity contribution in [3.8, 4) is 11.1 Å². The molecule has 3 nitrogen and oxygen atoms in total. The first kappa shape index (κ1) is 13.1. The molecule has 0 saturated carbocycles. The number of allylic oxidation sites excluding steroid dienone is 1. The van der Waals surface area contributed by atoms with Gasteiger partial charge in [-0.05, 0) is 40.7 Å². The van der Waals surface area contributed by atoms with Crippen LogP contribution in [0.1, 0.15) is 16.7 Å². The van der Waals surface area contributed by atoms with E-state index < -0.39 is 10.1 Å². The third-order valence-electron chi connectivity index (χ3n) is 3.55. The number of hydrogen-bond acceptors (Lipinski definition) is 2. The molecule has 0 aromatic heterocycles. The first-order valence-electron chi connectivity index (χ1n) is 6.38. The third-order valence-corrected chi connectivity index (χ3v) is 4.09. The predicted octanol–water partition coefficient (Wildman–Crippen LogP) is 3.20. The van der Waals surface area contributed by atoms with Crippen LogP contribution in [0.3, 0.4) is 0 Å². The van der Waals surface area contributed by atoms with Gasteiger partial charge < -0.3 is 0 Å². The highest BCUT2D eigenvalue weighted by Crippen LogP contribution is 2.38. The van der Waals surface area contributed by atoms with E-state index >= 15 is 0 Å². The monoisotopic (exact) mass is 286 g/mol. The molecule has 3 rings (SSSR count). The van der Waals surface area contributed by atoms with Crippen LogP contribution in [0.2, 0.25) is 0 Å². The van der Waals surface area contributed by atoms with Crippen LogP contribution < -0.4 is 0 Å². The van der Waals surface area contributed by atoms with Gasteiger partial charge in [0, 0.05) is 0 Å². The Hall–Kier alpha value is -1.91. The zero-order valence-electron chi connectivity index (χ0n) is 10.8. The number of hydrogen-bond donors (Lipinski definition) is 1. The fourth-order valence-electron chi connectivity index (χ4n) is 2.71. The summed E-state index contributed by atoms with van der Waals surface area (Å²) in [5, 5.41) is 0.842. The lowest BCUT2D eigenvalue weighted by molar-refractivity contribution is 0.494. The molecule has 2 aromatic rings. The molecule has 20 heavy (non-hydrogen) atoms. The van der Waals surface area contributed by atoms with Crippen LogP contribution in [0.4, 0.5) is 0 Å². The molecule has 2 aromatic carbocycles. The summed E-state index contributed by atoms with van der Waals surface area (Å²) in [5.74, 6) is 0. The lowest BCUT2D eigenvalue weighted by Crippen LogP contribution is -1.93. The van der Waals surface area contributed by atoms with E-state index in [0.717, 1.165) is 17.4 Å². The normalized spacial score (nSPS) is 13.4. The first-order chi connectivity index (χ1) is 9.54. The second-order valence-electron chi connectivity index (χ2n) is 4.87. The molecule has 1 aliphatic rings. The Labute approximate surface area is 118 Å². The Bertz CT molecular complexity index is 789. The SMILES string of the molecule is O=S(=O)(O)C=CCc1cccc2c1Cc1ccccc1-2. The van der Waals surface area contributed by atoms with Crippen molar-refractivity contribution < 1.29 is 13.0 Å². The molecule has 0 heterocycles. The van der Waals surface area contributed by atoms with Crippen molar-refractivity contribution in [1.82, 2.24) is 0 Å². The van der Waals surface area contributed by atoms with E-state index in [0.29, 0.717) is 6.42 Å². The summed E-state index contributed by atoms with van der Waals surface area (Å²) in [6.45, 7) is 0. The van der Waals surface area contributed by atoms with E-state index in [1.807, 2.05) is 24.3 Å². The molecular weight excluding hydrogens is 272 g/mol. The Morgan fingerprint density at radius 3 is 2.60 bits per heavy atom. The Morgan fingerprint density at radius 2 is 1.80 bits per heavy atom. The van der Waals surface area contributed by atoms with Gasteiger partial charge in [-0.15, -0.1) is 0 Å². The van der Waals surface area contributed by atoms with E-state index in [1.165, 1.54) is 28.3 Å². The van der Waals surface area contributed by atoms with Crippen molar-refractivity contribution in [2.24, 2.45) is 0 Å². The minimum Gasteiger partial charge on any atom is -0.282 e. The van der Waals surface area contributed by atoms with Crippen molar-refractivity contribution in [3.05, 3.63) is 70.6 Å². The molecule has 0 saturated heterocycles. The Kier molecular flexibility index (Phi) is 3.20. The fraction of sp³-hybridized carbons (Fsp3) is 0.125. The van der Waals surface area contributed by atoms with Crippen LogP contribution in [0, 0.1) is 0 Å². The summed E-state index contributed by atoms with van der Waals surface area (Å²) in [4.78, 5) is 0. The first-order valence-corrected chi connectivity index (χ1v) is 7.88. The lowest BCUT2D eigenvalue weighted by Gasteiger charge is -2.06. The van der Waals surface area contributed by atoms with Crippen LogP contribution >= 0.6 is 0 Å². The average Bonchev–Trinajstić information content (AvgIpc) is 2.77. The average molecular weight is 286 g/mol. The molecule has 0 amide bonds. The predicted molar refractivity (Wildman–Crippen MR) is 79.1 cm³/mol. The Morgan fingerprint density at radius 1 is 1.05 bits per heavy atom. The molecule has 0 unspecified atom stereocenters. The van der Waals surface area contributed by atoms with E-state index in [4.69, 9.17) is 4.55 Å². The highest BCUT2D eigenvalue weighted by molar-refractivity contribution is 7.88. The molecule has 102 valence electrons. The summed E-state index contributed by atoms with van der Waals surface area (Å²) in [5.41, 5.74) is 6.11. The highest BCUT2D eigenvalue weighted by Gasteiger charge is 2.19. The zero-order valence-corrected chi connectivity index (χ0v) is 11.6. The number of benzene rings is 2. The van der Waals surface area contributed by atoms with Crippen molar-refractivity contribution in [2.45, 2.75) is 12.8 Å². The van der Waals surface area contributed by atoms with Gasteiger partial charge in [0.1, 0.15) is 0 Å². The van der Waals surface area contributed by atoms with Crippen molar-refractivity contribution in [1.29, 1.82) is 0 Å². The summed E-state index contributed by atoms with van der Waals surface area (Å²) in [6.07, 6.45) is 2.85. The summed E-state index contributed by atoms with van der Waals surface area (Å²) < 4.78 is 30.1. The number of rotatable bonds is 3. The summed E-state index contributed by atoms with van der Waals surface area (Å²) >= 11 is 0. The van der Waals surface area contributed by atoms with Gasteiger partial charge in [-0.3, -0.25) is 4.55 Å². The number of fused-ring (bicyclic) bond motifs is 3. The molecule has 1 aliphatic carbocycles. The smallest absolute Gasteiger partial charge is 0.282 e. The zero-order chi connectivity index (χ0) is 14.2. The maximum absolute atomic E-state index is 10.7. The summed E-state index contributed by atoms with van der Waals surface area (Å²) in [6, 6.07) is 14.4. The maximum atomic E-state index is 10.7. The second-order valence-corrected chi connectivity index (χ2v) is 6.17. The minimum atomic E-state index is -4.04. The van der Waals surface area contributed by atoms with Gasteiger partial charge in [-0.1, -0.05) is 48.5 Å². The molecule has 0 fully saturated rings. The molecule has 0 atom stereocenters. The van der Waals surface area contributed by atoms with Crippen LogP contribution in [0.15, 0.2) is 53.9 Å². The van der Waals surface area contributed by atoms with Gasteiger partial charge in [0.2, 0.25) is 0 Å². The molecular formula is C16H14O3S. The lowest BCUT2D eigenvalue weighted by atomic mass is 9.99. The second kappa shape index (κ2) is 4.89. The van der Waals surface area contributed by atoms with Crippen LogP contribution in [-0.2, 0) is 23.0 Å². The van der Waals surface area contributed by atoms with Crippen LogP contribution in [0.25, 0.3) is 11.1 Å². The molecule has 0 radical (unpaired) electrons. The van der Waals surface area contributed by atoms with Gasteiger partial charge >= 0.3 is 0 Å². The fourth-order valence-corrected chi connectivity index (χ4v) is 3.05. The maximum Gasteiger partial charge on any atom is 0.287 e. The molecule has 0 bridgehead atoms. The van der Waals surface area contributed by atoms with Crippen molar-refractivity contribution in [2.75, 3.05) is 0 Å². The van der Waals surface area contributed by atoms with Gasteiger partial charge in [-0.25, -0.2) is 0 Å². The van der Waals surface area contributed by atoms with Crippen LogP contribution in [-0.4, -0.2) is 13.0 Å². The largest absolute Gasteiger partial charge is 0.287 e. The minimum absolute atomic E-state index is 0.497. The van der Waals surface area contributed by atoms with Crippen LogP contribution in [0.5, 0.6) is 0 Å². The summed E-state index contributed by atoms with van der Waals surface area (Å²) in [7, 11) is -4.04. The quantitative estimate of drug-likeness (QED) is 0.752. The van der Waals surface area contributed by atoms with E-state index in [2.05, 4.69) is 18.2 Å². The van der Waals surface area contributed by atoms with Gasteiger partial charge in [0.25, 0.3) is 10.1 Å². The highest BCUT2D eigenvalue weighted by atomic mass is 32.2. The molecule has 4 heteroatoms. The van der Waals surface area contributed by atoms with E-state index in [-0.39, 0.29) is 0 Å². The van der Waals surface area contributed by atoms with Gasteiger partial charge in [0.15, 0.2) is 0 Å². The van der Waals surface area contributed by atoms with Crippen molar-refractivity contribution in [3.63, 3.8) is 0 Å². The molecule has 0 aliphatic heterocycles. The van der Waals surface area contributed by atoms with Crippen molar-refractivity contribution >= 4 is 10.1 Å². The molecule has 1 N–H and O–H groups in total. The van der Waals surface area contributed by atoms with Gasteiger partial charge in [0.05, 0.1) is 5.41 Å². The topological polar surface area (TPSA) is 54.4 Å². The Balaban J connectivity index is 1.96. The third kappa shape index (κ3) is 2.53. The van der Waals surface area contributed by atoms with Gasteiger partial charge in [-0.2, -0.15) is 8.42 Å². The molecule has 0 spiro atoms. The van der Waals surface area contributed by atoms with E-state index in [9.17, 15) is 8.42 Å².